The van der Waals surface area contributed by atoms with Crippen molar-refractivity contribution in [3.63, 3.8) is 0 Å². The monoisotopic (exact) mass is 288 g/mol. The third-order valence-corrected chi connectivity index (χ3v) is 3.77. The molecule has 0 spiro atoms. The zero-order valence-electron chi connectivity index (χ0n) is 12.2. The van der Waals surface area contributed by atoms with Crippen LogP contribution in [0.4, 0.5) is 4.79 Å². The smallest absolute Gasteiger partial charge is 0.335 e. The molecule has 1 N–H and O–H groups in total. The first-order valence-electron chi connectivity index (χ1n) is 7.07. The first-order valence-corrected chi connectivity index (χ1v) is 7.07. The molecule has 112 valence electrons. The number of carboxylic acids is 1. The molecule has 1 aromatic rings. The number of carbonyl (C=O) groups excluding carboxylic acids is 1. The fourth-order valence-corrected chi connectivity index (χ4v) is 2.67. The van der Waals surface area contributed by atoms with Crippen LogP contribution < -0.4 is 0 Å². The fourth-order valence-electron chi connectivity index (χ4n) is 2.67. The molecule has 0 fully saturated rings. The van der Waals surface area contributed by atoms with Gasteiger partial charge < -0.3 is 14.9 Å². The van der Waals surface area contributed by atoms with Crippen LogP contribution in [-0.4, -0.2) is 46.5 Å². The number of aromatic carboxylic acids is 1. The molecule has 21 heavy (non-hydrogen) atoms. The summed E-state index contributed by atoms with van der Waals surface area (Å²) in [6.45, 7) is 7.75. The molecule has 2 amide bonds. The zero-order chi connectivity index (χ0) is 15.4. The number of fused-ring (bicyclic) bond motifs is 1. The van der Waals surface area contributed by atoms with Crippen LogP contribution in [0, 0.1) is 0 Å². The maximum Gasteiger partial charge on any atom is 0.335 e. The first-order chi connectivity index (χ1) is 10.1. The highest BCUT2D eigenvalue weighted by atomic mass is 16.4. The van der Waals surface area contributed by atoms with Crippen LogP contribution in [0.1, 0.15) is 28.4 Å². The number of benzene rings is 1. The molecule has 2 rings (SSSR count). The summed E-state index contributed by atoms with van der Waals surface area (Å²) in [5.74, 6) is -0.909. The predicted octanol–water partition coefficient (Wildman–Crippen LogP) is 2.37. The van der Waals surface area contributed by atoms with E-state index in [9.17, 15) is 14.7 Å². The Kier molecular flexibility index (Phi) is 4.62. The Balaban J connectivity index is 2.20. The summed E-state index contributed by atoms with van der Waals surface area (Å²) >= 11 is 0. The van der Waals surface area contributed by atoms with E-state index in [-0.39, 0.29) is 6.03 Å². The molecule has 0 aromatic heterocycles. The molecule has 1 heterocycles. The second-order valence-corrected chi connectivity index (χ2v) is 5.03. The van der Waals surface area contributed by atoms with Crippen molar-refractivity contribution in [3.8, 4) is 0 Å². The Hall–Kier alpha value is -2.30. The molecule has 0 saturated heterocycles. The summed E-state index contributed by atoms with van der Waals surface area (Å²) in [6, 6.07) is 5.22. The number of hydrogen-bond donors (Lipinski definition) is 1. The number of amides is 2. The zero-order valence-corrected chi connectivity index (χ0v) is 12.2. The van der Waals surface area contributed by atoms with Crippen molar-refractivity contribution in [1.29, 1.82) is 0 Å². The highest BCUT2D eigenvalue weighted by Crippen LogP contribution is 2.23. The molecule has 1 aliphatic heterocycles. The number of nitrogens with zero attached hydrogens (tertiary/aromatic N) is 2. The molecule has 0 aliphatic carbocycles. The second kappa shape index (κ2) is 6.43. The Morgan fingerprint density at radius 2 is 2.24 bits per heavy atom. The van der Waals surface area contributed by atoms with Gasteiger partial charge in [-0.05, 0) is 30.5 Å². The van der Waals surface area contributed by atoms with Crippen molar-refractivity contribution < 1.29 is 14.7 Å². The summed E-state index contributed by atoms with van der Waals surface area (Å²) < 4.78 is 0. The third kappa shape index (κ3) is 3.07. The summed E-state index contributed by atoms with van der Waals surface area (Å²) in [7, 11) is 0. The molecular formula is C16H20N2O3. The van der Waals surface area contributed by atoms with Crippen LogP contribution in [0.3, 0.4) is 0 Å². The summed E-state index contributed by atoms with van der Waals surface area (Å²) in [4.78, 5) is 27.1. The van der Waals surface area contributed by atoms with E-state index >= 15 is 0 Å². The van der Waals surface area contributed by atoms with E-state index in [1.165, 1.54) is 0 Å². The lowest BCUT2D eigenvalue weighted by molar-refractivity contribution is 0.0695. The molecule has 5 heteroatoms. The highest BCUT2D eigenvalue weighted by molar-refractivity contribution is 5.90. The van der Waals surface area contributed by atoms with Gasteiger partial charge in [0.05, 0.1) is 5.56 Å². The van der Waals surface area contributed by atoms with Crippen LogP contribution >= 0.6 is 0 Å². The molecule has 0 atom stereocenters. The normalized spacial score (nSPS) is 13.5. The Labute approximate surface area is 124 Å². The van der Waals surface area contributed by atoms with E-state index in [4.69, 9.17) is 0 Å². The SMILES string of the molecule is C=CCN(CC)C(=O)N1CCc2c(cccc2C(=O)O)C1. The number of hydrogen-bond acceptors (Lipinski definition) is 2. The molecule has 0 saturated carbocycles. The lowest BCUT2D eigenvalue weighted by atomic mass is 9.94. The fraction of sp³-hybridized carbons (Fsp3) is 0.375. The van der Waals surface area contributed by atoms with Crippen LogP contribution in [0.2, 0.25) is 0 Å². The van der Waals surface area contributed by atoms with Gasteiger partial charge in [0, 0.05) is 26.2 Å². The van der Waals surface area contributed by atoms with Gasteiger partial charge in [0.15, 0.2) is 0 Å². The van der Waals surface area contributed by atoms with Crippen molar-refractivity contribution in [2.24, 2.45) is 0 Å². The van der Waals surface area contributed by atoms with Gasteiger partial charge in [0.1, 0.15) is 0 Å². The number of carboxylic acid groups (broad SMARTS) is 1. The maximum atomic E-state index is 12.4. The molecule has 1 aliphatic rings. The minimum Gasteiger partial charge on any atom is -0.478 e. The molecule has 0 unspecified atom stereocenters. The second-order valence-electron chi connectivity index (χ2n) is 5.03. The van der Waals surface area contributed by atoms with E-state index in [2.05, 4.69) is 6.58 Å². The van der Waals surface area contributed by atoms with Gasteiger partial charge in [0.2, 0.25) is 0 Å². The predicted molar refractivity (Wildman–Crippen MR) is 80.4 cm³/mol. The van der Waals surface area contributed by atoms with Crippen molar-refractivity contribution in [2.75, 3.05) is 19.6 Å². The van der Waals surface area contributed by atoms with Gasteiger partial charge in [0.25, 0.3) is 0 Å². The Bertz CT molecular complexity index is 569. The lowest BCUT2D eigenvalue weighted by Gasteiger charge is -2.33. The summed E-state index contributed by atoms with van der Waals surface area (Å²) in [6.07, 6.45) is 2.29. The van der Waals surface area contributed by atoms with Gasteiger partial charge in [-0.1, -0.05) is 18.2 Å². The Morgan fingerprint density at radius 3 is 2.86 bits per heavy atom. The number of rotatable bonds is 4. The summed E-state index contributed by atoms with van der Waals surface area (Å²) in [5.41, 5.74) is 2.11. The van der Waals surface area contributed by atoms with Crippen molar-refractivity contribution in [2.45, 2.75) is 19.9 Å². The minimum atomic E-state index is -0.909. The van der Waals surface area contributed by atoms with E-state index in [0.29, 0.717) is 38.2 Å². The minimum absolute atomic E-state index is 0.0243. The van der Waals surface area contributed by atoms with Gasteiger partial charge >= 0.3 is 12.0 Å². The standard InChI is InChI=1S/C16H20N2O3/c1-3-9-17(4-2)16(21)18-10-8-13-12(11-18)6-5-7-14(13)15(19)20/h3,5-7H,1,4,8-11H2,2H3,(H,19,20). The van der Waals surface area contributed by atoms with E-state index in [1.807, 2.05) is 13.0 Å². The molecule has 5 nitrogen and oxygen atoms in total. The van der Waals surface area contributed by atoms with E-state index in [0.717, 1.165) is 11.1 Å². The van der Waals surface area contributed by atoms with Crippen molar-refractivity contribution >= 4 is 12.0 Å². The van der Waals surface area contributed by atoms with Crippen LogP contribution in [0.5, 0.6) is 0 Å². The first kappa shape index (κ1) is 15.1. The van der Waals surface area contributed by atoms with E-state index < -0.39 is 5.97 Å². The maximum absolute atomic E-state index is 12.4. The summed E-state index contributed by atoms with van der Waals surface area (Å²) in [5, 5.41) is 9.21. The number of carbonyl (C=O) groups is 2. The average molecular weight is 288 g/mol. The quantitative estimate of drug-likeness (QED) is 0.865. The third-order valence-electron chi connectivity index (χ3n) is 3.77. The van der Waals surface area contributed by atoms with Gasteiger partial charge in [-0.2, -0.15) is 0 Å². The number of urea groups is 1. The highest BCUT2D eigenvalue weighted by Gasteiger charge is 2.26. The Morgan fingerprint density at radius 1 is 1.48 bits per heavy atom. The molecular weight excluding hydrogens is 268 g/mol. The number of likely N-dealkylation sites (N-methyl/N-ethyl adjacent to an activating group) is 1. The van der Waals surface area contributed by atoms with Crippen LogP contribution in [0.25, 0.3) is 0 Å². The largest absolute Gasteiger partial charge is 0.478 e. The molecule has 1 aromatic carbocycles. The van der Waals surface area contributed by atoms with Gasteiger partial charge in [-0.15, -0.1) is 6.58 Å². The van der Waals surface area contributed by atoms with Crippen molar-refractivity contribution in [1.82, 2.24) is 9.80 Å². The lowest BCUT2D eigenvalue weighted by Crippen LogP contribution is -2.45. The van der Waals surface area contributed by atoms with Crippen LogP contribution in [-0.2, 0) is 13.0 Å². The molecule has 0 radical (unpaired) electrons. The van der Waals surface area contributed by atoms with Crippen molar-refractivity contribution in [3.05, 3.63) is 47.5 Å². The topological polar surface area (TPSA) is 60.9 Å². The van der Waals surface area contributed by atoms with E-state index in [1.54, 1.807) is 28.0 Å². The van der Waals surface area contributed by atoms with Gasteiger partial charge in [-0.25, -0.2) is 9.59 Å². The molecule has 0 bridgehead atoms. The van der Waals surface area contributed by atoms with Gasteiger partial charge in [-0.3, -0.25) is 0 Å². The average Bonchev–Trinajstić information content (AvgIpc) is 2.50. The van der Waals surface area contributed by atoms with Crippen LogP contribution in [0.15, 0.2) is 30.9 Å².